The van der Waals surface area contributed by atoms with Crippen molar-refractivity contribution >= 4 is 16.0 Å². The van der Waals surface area contributed by atoms with Crippen LogP contribution in [-0.2, 0) is 24.3 Å². The Bertz CT molecular complexity index is 1440. The summed E-state index contributed by atoms with van der Waals surface area (Å²) in [4.78, 5) is 12.9. The highest BCUT2D eigenvalue weighted by atomic mass is 32.2. The van der Waals surface area contributed by atoms with Crippen molar-refractivity contribution in [3.8, 4) is 0 Å². The third kappa shape index (κ3) is 7.71. The molecule has 0 amide bonds. The molecular weight excluding hydrogens is 559 g/mol. The summed E-state index contributed by atoms with van der Waals surface area (Å²) in [5, 5.41) is 14.0. The summed E-state index contributed by atoms with van der Waals surface area (Å²) in [5.41, 5.74) is 4.95. The SMILES string of the molecule is CC/C=C(C1=C([C@H](OC(C)(C)C)C(=O)O)C(C)=C(NS(C)(=O)=O)C(c2ccc(F)c(C)c2)C1C)\C(C)=C1/COCCN1. The molecule has 1 aromatic rings. The van der Waals surface area contributed by atoms with E-state index in [1.54, 1.807) is 46.8 Å². The van der Waals surface area contributed by atoms with Gasteiger partial charge in [0.1, 0.15) is 5.82 Å². The van der Waals surface area contributed by atoms with Crippen LogP contribution >= 0.6 is 0 Å². The first-order chi connectivity index (χ1) is 19.5. The molecule has 1 aliphatic heterocycles. The Labute approximate surface area is 249 Å². The van der Waals surface area contributed by atoms with E-state index in [1.807, 2.05) is 20.8 Å². The molecule has 0 saturated carbocycles. The van der Waals surface area contributed by atoms with Crippen molar-refractivity contribution in [2.45, 2.75) is 79.4 Å². The molecule has 2 unspecified atom stereocenters. The van der Waals surface area contributed by atoms with E-state index in [0.29, 0.717) is 54.1 Å². The average Bonchev–Trinajstić information content (AvgIpc) is 2.89. The van der Waals surface area contributed by atoms with E-state index in [2.05, 4.69) is 16.1 Å². The lowest BCUT2D eigenvalue weighted by atomic mass is 9.68. The topological polar surface area (TPSA) is 114 Å². The second-order valence-corrected chi connectivity index (χ2v) is 13.8. The lowest BCUT2D eigenvalue weighted by Crippen LogP contribution is -2.41. The maximum absolute atomic E-state index is 14.4. The Kier molecular flexibility index (Phi) is 10.5. The summed E-state index contributed by atoms with van der Waals surface area (Å²) >= 11 is 0. The minimum atomic E-state index is -3.77. The van der Waals surface area contributed by atoms with Gasteiger partial charge in [0, 0.05) is 29.4 Å². The molecule has 0 aromatic heterocycles. The first-order valence-corrected chi connectivity index (χ1v) is 16.2. The molecule has 1 saturated heterocycles. The number of carboxylic acids is 1. The number of hydrogen-bond acceptors (Lipinski definition) is 6. The molecule has 0 spiro atoms. The predicted octanol–water partition coefficient (Wildman–Crippen LogP) is 5.49. The van der Waals surface area contributed by atoms with Crippen LogP contribution in [-0.4, -0.2) is 57.2 Å². The first kappa shape index (κ1) is 33.6. The molecule has 1 aromatic carbocycles. The highest BCUT2D eigenvalue weighted by Crippen LogP contribution is 2.49. The lowest BCUT2D eigenvalue weighted by Gasteiger charge is -2.41. The van der Waals surface area contributed by atoms with E-state index in [4.69, 9.17) is 9.47 Å². The van der Waals surface area contributed by atoms with Crippen molar-refractivity contribution in [2.75, 3.05) is 26.0 Å². The van der Waals surface area contributed by atoms with Crippen molar-refractivity contribution in [3.05, 3.63) is 80.5 Å². The van der Waals surface area contributed by atoms with Gasteiger partial charge in [-0.3, -0.25) is 4.72 Å². The van der Waals surface area contributed by atoms with E-state index >= 15 is 0 Å². The molecule has 3 atom stereocenters. The Morgan fingerprint density at radius 3 is 2.48 bits per heavy atom. The van der Waals surface area contributed by atoms with Gasteiger partial charge < -0.3 is 19.9 Å². The van der Waals surface area contributed by atoms with E-state index < -0.39 is 39.5 Å². The molecule has 0 bridgehead atoms. The molecule has 1 fully saturated rings. The van der Waals surface area contributed by atoms with Crippen LogP contribution in [0.3, 0.4) is 0 Å². The number of carbonyl (C=O) groups is 1. The molecule has 2 aliphatic rings. The summed E-state index contributed by atoms with van der Waals surface area (Å²) in [5.74, 6) is -2.52. The van der Waals surface area contributed by atoms with Gasteiger partial charge in [-0.15, -0.1) is 0 Å². The van der Waals surface area contributed by atoms with Gasteiger partial charge in [-0.2, -0.15) is 0 Å². The monoisotopic (exact) mass is 604 g/mol. The fourth-order valence-corrected chi connectivity index (χ4v) is 6.46. The van der Waals surface area contributed by atoms with Crippen molar-refractivity contribution in [2.24, 2.45) is 5.92 Å². The van der Waals surface area contributed by atoms with Gasteiger partial charge in [0.05, 0.1) is 25.1 Å². The van der Waals surface area contributed by atoms with Gasteiger partial charge in [0.15, 0.2) is 6.10 Å². The molecule has 232 valence electrons. The molecule has 10 heteroatoms. The standard InChI is InChI=1S/C32H45FN2O6S/c1-10-11-23(19(3)25-17-40-15-14-34-25)27-20(4)26(22-12-13-24(33)18(2)16-22)29(35-42(9,38)39)21(5)28(27)30(31(36)37)41-32(6,7)8/h11-13,16,20,26,30,34-35H,10,14-15,17H2,1-9H3,(H,36,37)/b23-11+,25-19+/t20?,26?,30-/m0/s1. The Balaban J connectivity index is 2.50. The number of ether oxygens (including phenoxy) is 2. The highest BCUT2D eigenvalue weighted by Gasteiger charge is 2.43. The number of sulfonamides is 1. The maximum Gasteiger partial charge on any atom is 0.337 e. The number of rotatable bonds is 9. The second-order valence-electron chi connectivity index (χ2n) is 12.1. The third-order valence-corrected chi connectivity index (χ3v) is 8.14. The number of hydrogen-bond donors (Lipinski definition) is 3. The van der Waals surface area contributed by atoms with Crippen LogP contribution in [0.15, 0.2) is 63.5 Å². The summed E-state index contributed by atoms with van der Waals surface area (Å²) in [6.45, 7) is 16.3. The fraction of sp³-hybridized carbons (Fsp3) is 0.531. The molecule has 42 heavy (non-hydrogen) atoms. The number of halogens is 1. The van der Waals surface area contributed by atoms with Gasteiger partial charge in [-0.25, -0.2) is 17.6 Å². The number of morpholine rings is 1. The largest absolute Gasteiger partial charge is 0.479 e. The van der Waals surface area contributed by atoms with Crippen molar-refractivity contribution in [3.63, 3.8) is 0 Å². The van der Waals surface area contributed by atoms with Gasteiger partial charge in [0.25, 0.3) is 0 Å². The zero-order valence-electron chi connectivity index (χ0n) is 26.1. The first-order valence-electron chi connectivity index (χ1n) is 14.3. The summed E-state index contributed by atoms with van der Waals surface area (Å²) in [6.07, 6.45) is 2.41. The number of aliphatic carboxylic acids is 1. The number of aryl methyl sites for hydroxylation is 1. The van der Waals surface area contributed by atoms with Crippen LogP contribution in [0.4, 0.5) is 4.39 Å². The lowest BCUT2D eigenvalue weighted by molar-refractivity contribution is -0.155. The third-order valence-electron chi connectivity index (χ3n) is 7.55. The number of nitrogens with one attached hydrogen (secondary N) is 2. The quantitative estimate of drug-likeness (QED) is 0.342. The minimum absolute atomic E-state index is 0.346. The van der Waals surface area contributed by atoms with E-state index in [1.165, 1.54) is 6.07 Å². The van der Waals surface area contributed by atoms with E-state index in [-0.39, 0.29) is 5.82 Å². The molecule has 1 aliphatic carbocycles. The fourth-order valence-electron chi connectivity index (χ4n) is 5.79. The maximum atomic E-state index is 14.4. The number of benzene rings is 1. The molecule has 3 N–H and O–H groups in total. The zero-order chi connectivity index (χ0) is 31.6. The zero-order valence-corrected chi connectivity index (χ0v) is 27.0. The van der Waals surface area contributed by atoms with Crippen molar-refractivity contribution in [1.82, 2.24) is 10.0 Å². The van der Waals surface area contributed by atoms with Crippen molar-refractivity contribution < 1.29 is 32.2 Å². The Morgan fingerprint density at radius 1 is 1.31 bits per heavy atom. The molecule has 0 radical (unpaired) electrons. The van der Waals surface area contributed by atoms with E-state index in [9.17, 15) is 22.7 Å². The van der Waals surface area contributed by atoms with Crippen LogP contribution < -0.4 is 10.0 Å². The van der Waals surface area contributed by atoms with Gasteiger partial charge in [0.2, 0.25) is 10.0 Å². The number of allylic oxidation sites excluding steroid dienone is 5. The van der Waals surface area contributed by atoms with Crippen LogP contribution in [0.25, 0.3) is 0 Å². The predicted molar refractivity (Wildman–Crippen MR) is 163 cm³/mol. The summed E-state index contributed by atoms with van der Waals surface area (Å²) in [6, 6.07) is 4.77. The highest BCUT2D eigenvalue weighted by molar-refractivity contribution is 7.88. The van der Waals surface area contributed by atoms with Gasteiger partial charge >= 0.3 is 5.97 Å². The molecule has 3 rings (SSSR count). The normalized spacial score (nSPS) is 22.6. The van der Waals surface area contributed by atoms with Crippen LogP contribution in [0, 0.1) is 18.7 Å². The Morgan fingerprint density at radius 2 is 1.98 bits per heavy atom. The summed E-state index contributed by atoms with van der Waals surface area (Å²) in [7, 11) is -3.77. The van der Waals surface area contributed by atoms with Crippen LogP contribution in [0.5, 0.6) is 0 Å². The summed E-state index contributed by atoms with van der Waals surface area (Å²) < 4.78 is 54.4. The number of carboxylic acid groups (broad SMARTS) is 1. The average molecular weight is 605 g/mol. The smallest absolute Gasteiger partial charge is 0.337 e. The Hall–Kier alpha value is -2.95. The minimum Gasteiger partial charge on any atom is -0.479 e. The van der Waals surface area contributed by atoms with E-state index in [0.717, 1.165) is 28.7 Å². The van der Waals surface area contributed by atoms with Gasteiger partial charge in [-0.1, -0.05) is 32.1 Å². The van der Waals surface area contributed by atoms with Crippen LogP contribution in [0.1, 0.15) is 71.9 Å². The molecule has 8 nitrogen and oxygen atoms in total. The van der Waals surface area contributed by atoms with Gasteiger partial charge in [-0.05, 0) is 93.4 Å². The second kappa shape index (κ2) is 13.1. The molecular formula is C32H45FN2O6S. The van der Waals surface area contributed by atoms with Crippen LogP contribution in [0.2, 0.25) is 0 Å². The molecule has 1 heterocycles. The van der Waals surface area contributed by atoms with Crippen molar-refractivity contribution in [1.29, 1.82) is 0 Å².